The van der Waals surface area contributed by atoms with Crippen LogP contribution in [0.1, 0.15) is 67.4 Å². The standard InChI is InChI=1S/C17H25O3/c1-5-6-7-8-9-15(4)19-20-17(18)16-11-10-13(2)12-14(16)3/h10-12H,5-9H2,1-4H3. The van der Waals surface area contributed by atoms with Crippen molar-refractivity contribution in [2.24, 2.45) is 0 Å². The van der Waals surface area contributed by atoms with E-state index in [0.717, 1.165) is 30.1 Å². The van der Waals surface area contributed by atoms with E-state index in [9.17, 15) is 4.79 Å². The maximum absolute atomic E-state index is 11.9. The third-order valence-electron chi connectivity index (χ3n) is 3.24. The zero-order valence-electron chi connectivity index (χ0n) is 13.0. The van der Waals surface area contributed by atoms with Crippen LogP contribution in [0, 0.1) is 20.0 Å². The Bertz CT molecular complexity index is 426. The molecule has 0 spiro atoms. The van der Waals surface area contributed by atoms with Crippen LogP contribution >= 0.6 is 0 Å². The maximum atomic E-state index is 11.9. The van der Waals surface area contributed by atoms with Crippen LogP contribution in [0.5, 0.6) is 0 Å². The van der Waals surface area contributed by atoms with Gasteiger partial charge >= 0.3 is 5.97 Å². The van der Waals surface area contributed by atoms with E-state index in [1.54, 1.807) is 6.07 Å². The van der Waals surface area contributed by atoms with E-state index in [2.05, 4.69) is 6.92 Å². The first kappa shape index (κ1) is 16.7. The first-order valence-electron chi connectivity index (χ1n) is 7.33. The van der Waals surface area contributed by atoms with E-state index < -0.39 is 5.97 Å². The summed E-state index contributed by atoms with van der Waals surface area (Å²) in [6.45, 7) is 7.91. The summed E-state index contributed by atoms with van der Waals surface area (Å²) in [6, 6.07) is 5.62. The minimum Gasteiger partial charge on any atom is -0.292 e. The highest BCUT2D eigenvalue weighted by Gasteiger charge is 2.14. The topological polar surface area (TPSA) is 35.5 Å². The molecule has 111 valence electrons. The van der Waals surface area contributed by atoms with E-state index in [4.69, 9.17) is 9.78 Å². The van der Waals surface area contributed by atoms with Crippen LogP contribution in [0.25, 0.3) is 0 Å². The van der Waals surface area contributed by atoms with Crippen LogP contribution in [-0.2, 0) is 9.78 Å². The van der Waals surface area contributed by atoms with Crippen LogP contribution in [-0.4, -0.2) is 5.97 Å². The molecule has 0 unspecified atom stereocenters. The zero-order chi connectivity index (χ0) is 15.0. The number of hydrogen-bond acceptors (Lipinski definition) is 3. The van der Waals surface area contributed by atoms with Gasteiger partial charge in [0.15, 0.2) is 0 Å². The van der Waals surface area contributed by atoms with Gasteiger partial charge in [-0.2, -0.15) is 4.89 Å². The molecule has 1 aromatic rings. The van der Waals surface area contributed by atoms with Crippen molar-refractivity contribution in [1.29, 1.82) is 0 Å². The van der Waals surface area contributed by atoms with Gasteiger partial charge in [-0.25, -0.2) is 4.79 Å². The number of hydrogen-bond donors (Lipinski definition) is 0. The number of carbonyl (C=O) groups excluding carboxylic acids is 1. The predicted molar refractivity (Wildman–Crippen MR) is 80.1 cm³/mol. The summed E-state index contributed by atoms with van der Waals surface area (Å²) in [6.07, 6.45) is 6.28. The second-order valence-corrected chi connectivity index (χ2v) is 5.29. The van der Waals surface area contributed by atoms with Gasteiger partial charge in [-0.1, -0.05) is 50.3 Å². The van der Waals surface area contributed by atoms with Crippen molar-refractivity contribution in [3.05, 3.63) is 41.0 Å². The minimum atomic E-state index is -0.435. The molecule has 0 aliphatic rings. The van der Waals surface area contributed by atoms with Crippen LogP contribution in [0.2, 0.25) is 0 Å². The van der Waals surface area contributed by atoms with E-state index in [1.807, 2.05) is 32.9 Å². The number of unbranched alkanes of at least 4 members (excludes halogenated alkanes) is 3. The van der Waals surface area contributed by atoms with Gasteiger partial charge in [0.1, 0.15) is 6.10 Å². The van der Waals surface area contributed by atoms with Crippen molar-refractivity contribution < 1.29 is 14.6 Å². The van der Waals surface area contributed by atoms with Crippen molar-refractivity contribution in [3.8, 4) is 0 Å². The van der Waals surface area contributed by atoms with Gasteiger partial charge in [0, 0.05) is 0 Å². The predicted octanol–water partition coefficient (Wildman–Crippen LogP) is 4.91. The number of benzene rings is 1. The van der Waals surface area contributed by atoms with Crippen LogP contribution in [0.4, 0.5) is 0 Å². The summed E-state index contributed by atoms with van der Waals surface area (Å²) in [5, 5.41) is 0. The Morgan fingerprint density at radius 3 is 2.50 bits per heavy atom. The molecule has 0 N–H and O–H groups in total. The molecule has 0 atom stereocenters. The highest BCUT2D eigenvalue weighted by atomic mass is 17.2. The van der Waals surface area contributed by atoms with Crippen LogP contribution in [0.15, 0.2) is 18.2 Å². The van der Waals surface area contributed by atoms with Crippen LogP contribution in [0.3, 0.4) is 0 Å². The van der Waals surface area contributed by atoms with Crippen molar-refractivity contribution in [3.63, 3.8) is 0 Å². The Morgan fingerprint density at radius 2 is 1.85 bits per heavy atom. The largest absolute Gasteiger partial charge is 0.373 e. The number of rotatable bonds is 8. The molecular formula is C17H25O3. The first-order valence-corrected chi connectivity index (χ1v) is 7.33. The zero-order valence-corrected chi connectivity index (χ0v) is 13.0. The molecule has 1 rings (SSSR count). The fourth-order valence-corrected chi connectivity index (χ4v) is 2.04. The van der Waals surface area contributed by atoms with Gasteiger partial charge in [-0.15, -0.1) is 0 Å². The Balaban J connectivity index is 2.35. The van der Waals surface area contributed by atoms with Crippen molar-refractivity contribution in [1.82, 2.24) is 0 Å². The summed E-state index contributed by atoms with van der Waals surface area (Å²) < 4.78 is 0. The molecule has 3 heteroatoms. The average molecular weight is 277 g/mol. The molecule has 0 amide bonds. The molecule has 0 saturated heterocycles. The molecule has 3 nitrogen and oxygen atoms in total. The quantitative estimate of drug-likeness (QED) is 0.384. The lowest BCUT2D eigenvalue weighted by Gasteiger charge is -2.11. The van der Waals surface area contributed by atoms with E-state index >= 15 is 0 Å². The smallest absolute Gasteiger partial charge is 0.292 e. The summed E-state index contributed by atoms with van der Waals surface area (Å²) >= 11 is 0. The summed E-state index contributed by atoms with van der Waals surface area (Å²) in [7, 11) is 0. The molecule has 0 aliphatic carbocycles. The van der Waals surface area contributed by atoms with Crippen molar-refractivity contribution in [2.45, 2.75) is 59.8 Å². The Morgan fingerprint density at radius 1 is 1.10 bits per heavy atom. The second-order valence-electron chi connectivity index (χ2n) is 5.29. The molecule has 20 heavy (non-hydrogen) atoms. The van der Waals surface area contributed by atoms with Gasteiger partial charge < -0.3 is 0 Å². The molecule has 0 heterocycles. The van der Waals surface area contributed by atoms with Gasteiger partial charge in [0.2, 0.25) is 0 Å². The van der Waals surface area contributed by atoms with E-state index in [-0.39, 0.29) is 0 Å². The van der Waals surface area contributed by atoms with Gasteiger partial charge in [-0.05, 0) is 38.8 Å². The molecule has 0 fully saturated rings. The first-order chi connectivity index (χ1) is 9.54. The SMILES string of the molecule is CCCCCC[C](C)OOC(=O)c1ccc(C)cc1C. The normalized spacial score (nSPS) is 10.8. The van der Waals surface area contributed by atoms with E-state index in [0.29, 0.717) is 5.56 Å². The third kappa shape index (κ3) is 5.74. The summed E-state index contributed by atoms with van der Waals surface area (Å²) in [5.74, 6) is -0.435. The minimum absolute atomic E-state index is 0.435. The Hall–Kier alpha value is -1.35. The molecule has 1 aromatic carbocycles. The maximum Gasteiger partial charge on any atom is 0.373 e. The molecular weight excluding hydrogens is 252 g/mol. The lowest BCUT2D eigenvalue weighted by molar-refractivity contribution is -0.233. The van der Waals surface area contributed by atoms with Crippen molar-refractivity contribution in [2.75, 3.05) is 0 Å². The monoisotopic (exact) mass is 277 g/mol. The molecule has 0 aliphatic heterocycles. The van der Waals surface area contributed by atoms with E-state index in [1.165, 1.54) is 19.3 Å². The molecule has 0 saturated carbocycles. The molecule has 1 radical (unpaired) electrons. The van der Waals surface area contributed by atoms with Crippen LogP contribution < -0.4 is 0 Å². The molecule has 0 aromatic heterocycles. The Kier molecular flexibility index (Phi) is 7.31. The number of carbonyl (C=O) groups is 1. The summed E-state index contributed by atoms with van der Waals surface area (Å²) in [5.41, 5.74) is 2.58. The van der Waals surface area contributed by atoms with Gasteiger partial charge in [0.25, 0.3) is 0 Å². The highest BCUT2D eigenvalue weighted by molar-refractivity contribution is 5.90. The highest BCUT2D eigenvalue weighted by Crippen LogP contribution is 2.16. The van der Waals surface area contributed by atoms with Gasteiger partial charge in [0.05, 0.1) is 5.56 Å². The lowest BCUT2D eigenvalue weighted by Crippen LogP contribution is -2.10. The second kappa shape index (κ2) is 8.75. The van der Waals surface area contributed by atoms with Crippen molar-refractivity contribution >= 4 is 5.97 Å². The number of aryl methyl sites for hydroxylation is 2. The lowest BCUT2D eigenvalue weighted by atomic mass is 10.1. The third-order valence-corrected chi connectivity index (χ3v) is 3.24. The average Bonchev–Trinajstić information content (AvgIpc) is 2.41. The fraction of sp³-hybridized carbons (Fsp3) is 0.529. The Labute approximate surface area is 122 Å². The summed E-state index contributed by atoms with van der Waals surface area (Å²) in [4.78, 5) is 21.9. The fourth-order valence-electron chi connectivity index (χ4n) is 2.04. The van der Waals surface area contributed by atoms with Gasteiger partial charge in [-0.3, -0.25) is 4.89 Å². The molecule has 0 bridgehead atoms.